The van der Waals surface area contributed by atoms with Gasteiger partial charge in [-0.15, -0.1) is 0 Å². The standard InChI is InChI=1S/C24H26BrNO2/c1-17-9-11-19(12-10-17)16-28-24-22(25)13-20(14-23(24)27-3)15-26-18(2)21-7-5-4-6-8-21/h4-14,18,26H,15-16H2,1-3H3/t18-/m0/s1. The van der Waals surface area contributed by atoms with E-state index < -0.39 is 0 Å². The van der Waals surface area contributed by atoms with Gasteiger partial charge < -0.3 is 14.8 Å². The Morgan fingerprint density at radius 1 is 0.964 bits per heavy atom. The lowest BCUT2D eigenvalue weighted by atomic mass is 10.1. The van der Waals surface area contributed by atoms with Crippen molar-refractivity contribution in [2.24, 2.45) is 0 Å². The van der Waals surface area contributed by atoms with Crippen LogP contribution in [-0.2, 0) is 13.2 Å². The fraction of sp³-hybridized carbons (Fsp3) is 0.250. The van der Waals surface area contributed by atoms with Crippen molar-refractivity contribution in [1.29, 1.82) is 0 Å². The zero-order chi connectivity index (χ0) is 19.9. The minimum Gasteiger partial charge on any atom is -0.493 e. The Balaban J connectivity index is 1.67. The summed E-state index contributed by atoms with van der Waals surface area (Å²) in [5, 5.41) is 3.56. The average molecular weight is 440 g/mol. The van der Waals surface area contributed by atoms with E-state index in [1.807, 2.05) is 12.1 Å². The molecule has 0 aromatic heterocycles. The van der Waals surface area contributed by atoms with Crippen LogP contribution in [0.5, 0.6) is 11.5 Å². The molecular weight excluding hydrogens is 414 g/mol. The molecule has 0 fully saturated rings. The number of hydrogen-bond donors (Lipinski definition) is 1. The summed E-state index contributed by atoms with van der Waals surface area (Å²) in [6.07, 6.45) is 0. The molecule has 0 unspecified atom stereocenters. The highest BCUT2D eigenvalue weighted by atomic mass is 79.9. The first-order valence-electron chi connectivity index (χ1n) is 9.40. The molecule has 0 aliphatic carbocycles. The third-order valence-corrected chi connectivity index (χ3v) is 5.29. The van der Waals surface area contributed by atoms with Crippen molar-refractivity contribution in [2.45, 2.75) is 33.0 Å². The van der Waals surface area contributed by atoms with Crippen molar-refractivity contribution < 1.29 is 9.47 Å². The minimum absolute atomic E-state index is 0.267. The Morgan fingerprint density at radius 3 is 2.36 bits per heavy atom. The Kier molecular flexibility index (Phi) is 7.12. The van der Waals surface area contributed by atoms with Crippen LogP contribution in [0.4, 0.5) is 0 Å². The lowest BCUT2D eigenvalue weighted by Crippen LogP contribution is -2.18. The smallest absolute Gasteiger partial charge is 0.175 e. The number of benzene rings is 3. The first-order valence-corrected chi connectivity index (χ1v) is 10.2. The highest BCUT2D eigenvalue weighted by molar-refractivity contribution is 9.10. The van der Waals surface area contributed by atoms with Gasteiger partial charge in [-0.05, 0) is 58.6 Å². The van der Waals surface area contributed by atoms with Crippen molar-refractivity contribution >= 4 is 15.9 Å². The van der Waals surface area contributed by atoms with E-state index in [2.05, 4.69) is 89.7 Å². The van der Waals surface area contributed by atoms with Crippen molar-refractivity contribution in [1.82, 2.24) is 5.32 Å². The van der Waals surface area contributed by atoms with Gasteiger partial charge in [0.1, 0.15) is 6.61 Å². The number of ether oxygens (including phenoxy) is 2. The molecule has 0 aliphatic rings. The second kappa shape index (κ2) is 9.76. The summed E-state index contributed by atoms with van der Waals surface area (Å²) in [6, 6.07) is 23.2. The molecule has 3 rings (SSSR count). The number of aryl methyl sites for hydroxylation is 1. The van der Waals surface area contributed by atoms with Gasteiger partial charge in [0, 0.05) is 12.6 Å². The molecule has 1 N–H and O–H groups in total. The van der Waals surface area contributed by atoms with E-state index in [-0.39, 0.29) is 6.04 Å². The van der Waals surface area contributed by atoms with E-state index in [4.69, 9.17) is 9.47 Å². The van der Waals surface area contributed by atoms with E-state index in [1.165, 1.54) is 11.1 Å². The van der Waals surface area contributed by atoms with Crippen LogP contribution in [0.15, 0.2) is 71.2 Å². The van der Waals surface area contributed by atoms with E-state index in [0.717, 1.165) is 33.6 Å². The highest BCUT2D eigenvalue weighted by Gasteiger charge is 2.13. The summed E-state index contributed by atoms with van der Waals surface area (Å²) in [7, 11) is 1.67. The fourth-order valence-corrected chi connectivity index (χ4v) is 3.59. The van der Waals surface area contributed by atoms with Crippen molar-refractivity contribution in [2.75, 3.05) is 7.11 Å². The average Bonchev–Trinajstić information content (AvgIpc) is 2.72. The van der Waals surface area contributed by atoms with Gasteiger partial charge in [0.05, 0.1) is 11.6 Å². The van der Waals surface area contributed by atoms with Crippen LogP contribution < -0.4 is 14.8 Å². The van der Waals surface area contributed by atoms with E-state index in [9.17, 15) is 0 Å². The lowest BCUT2D eigenvalue weighted by Gasteiger charge is -2.17. The molecule has 0 spiro atoms. The second-order valence-corrected chi connectivity index (χ2v) is 7.75. The monoisotopic (exact) mass is 439 g/mol. The molecule has 0 amide bonds. The molecular formula is C24H26BrNO2. The van der Waals surface area contributed by atoms with Gasteiger partial charge in [-0.1, -0.05) is 60.2 Å². The van der Waals surface area contributed by atoms with Crippen molar-refractivity contribution in [3.05, 3.63) is 93.5 Å². The number of nitrogens with one attached hydrogen (secondary N) is 1. The van der Waals surface area contributed by atoms with Gasteiger partial charge in [-0.2, -0.15) is 0 Å². The van der Waals surface area contributed by atoms with E-state index in [0.29, 0.717) is 6.61 Å². The molecule has 1 atom stereocenters. The number of halogens is 1. The van der Waals surface area contributed by atoms with Crippen molar-refractivity contribution in [3.8, 4) is 11.5 Å². The maximum absolute atomic E-state index is 6.04. The Hall–Kier alpha value is -2.30. The number of methoxy groups -OCH3 is 1. The Morgan fingerprint density at radius 2 is 1.68 bits per heavy atom. The maximum atomic E-state index is 6.04. The van der Waals surface area contributed by atoms with Gasteiger partial charge in [0.2, 0.25) is 0 Å². The summed E-state index contributed by atoms with van der Waals surface area (Å²) >= 11 is 3.64. The zero-order valence-electron chi connectivity index (χ0n) is 16.5. The number of rotatable bonds is 8. The lowest BCUT2D eigenvalue weighted by molar-refractivity contribution is 0.282. The molecule has 0 saturated carbocycles. The molecule has 0 aliphatic heterocycles. The number of hydrogen-bond acceptors (Lipinski definition) is 3. The summed E-state index contributed by atoms with van der Waals surface area (Å²) < 4.78 is 12.5. The summed E-state index contributed by atoms with van der Waals surface area (Å²) in [5.74, 6) is 1.45. The van der Waals surface area contributed by atoms with Crippen molar-refractivity contribution in [3.63, 3.8) is 0 Å². The minimum atomic E-state index is 0.267. The molecule has 28 heavy (non-hydrogen) atoms. The maximum Gasteiger partial charge on any atom is 0.175 e. The van der Waals surface area contributed by atoms with Gasteiger partial charge in [-0.25, -0.2) is 0 Å². The second-order valence-electron chi connectivity index (χ2n) is 6.90. The molecule has 3 nitrogen and oxygen atoms in total. The molecule has 0 radical (unpaired) electrons. The quantitative estimate of drug-likeness (QED) is 0.453. The molecule has 4 heteroatoms. The first-order chi connectivity index (χ1) is 13.6. The van der Waals surface area contributed by atoms with Crippen LogP contribution in [0, 0.1) is 6.92 Å². The van der Waals surface area contributed by atoms with Crippen LogP contribution >= 0.6 is 15.9 Å². The third kappa shape index (κ3) is 5.37. The zero-order valence-corrected chi connectivity index (χ0v) is 18.1. The van der Waals surface area contributed by atoms with Gasteiger partial charge in [0.15, 0.2) is 11.5 Å². The largest absolute Gasteiger partial charge is 0.493 e. The van der Waals surface area contributed by atoms with Crippen LogP contribution in [0.2, 0.25) is 0 Å². The molecule has 0 heterocycles. The predicted molar refractivity (Wildman–Crippen MR) is 118 cm³/mol. The van der Waals surface area contributed by atoms with Gasteiger partial charge in [0.25, 0.3) is 0 Å². The van der Waals surface area contributed by atoms with Crippen LogP contribution in [-0.4, -0.2) is 7.11 Å². The summed E-state index contributed by atoms with van der Waals surface area (Å²) in [6.45, 7) is 5.48. The van der Waals surface area contributed by atoms with Gasteiger partial charge >= 0.3 is 0 Å². The van der Waals surface area contributed by atoms with E-state index in [1.54, 1.807) is 7.11 Å². The fourth-order valence-electron chi connectivity index (χ4n) is 2.99. The first kappa shape index (κ1) is 20.4. The highest BCUT2D eigenvalue weighted by Crippen LogP contribution is 2.37. The molecule has 0 bridgehead atoms. The van der Waals surface area contributed by atoms with Crippen LogP contribution in [0.1, 0.15) is 35.2 Å². The summed E-state index contributed by atoms with van der Waals surface area (Å²) in [5.41, 5.74) is 4.77. The third-order valence-electron chi connectivity index (χ3n) is 4.70. The summed E-state index contributed by atoms with van der Waals surface area (Å²) in [4.78, 5) is 0. The topological polar surface area (TPSA) is 30.5 Å². The Bertz CT molecular complexity index is 894. The molecule has 3 aromatic carbocycles. The molecule has 146 valence electrons. The normalized spacial score (nSPS) is 11.9. The van der Waals surface area contributed by atoms with Crippen LogP contribution in [0.25, 0.3) is 0 Å². The Labute approximate surface area is 175 Å². The SMILES string of the molecule is COc1cc(CN[C@@H](C)c2ccccc2)cc(Br)c1OCc1ccc(C)cc1. The molecule has 3 aromatic rings. The van der Waals surface area contributed by atoms with Crippen LogP contribution in [0.3, 0.4) is 0 Å². The van der Waals surface area contributed by atoms with Gasteiger partial charge in [-0.3, -0.25) is 0 Å². The van der Waals surface area contributed by atoms with E-state index >= 15 is 0 Å². The molecule has 0 saturated heterocycles. The predicted octanol–water partition coefficient (Wildman–Crippen LogP) is 6.20.